The van der Waals surface area contributed by atoms with Gasteiger partial charge >= 0.3 is 0 Å². The molecule has 128 valence electrons. The van der Waals surface area contributed by atoms with Crippen LogP contribution in [0, 0.1) is 0 Å². The van der Waals surface area contributed by atoms with Gasteiger partial charge in [-0.05, 0) is 24.6 Å². The number of carbonyl (C=O) groups is 1. The minimum atomic E-state index is -0.428. The zero-order valence-corrected chi connectivity index (χ0v) is 13.9. The Labute approximate surface area is 145 Å². The van der Waals surface area contributed by atoms with Crippen molar-refractivity contribution >= 4 is 5.91 Å². The van der Waals surface area contributed by atoms with E-state index in [0.717, 1.165) is 18.5 Å². The van der Waals surface area contributed by atoms with Crippen LogP contribution in [0.25, 0.3) is 11.5 Å². The van der Waals surface area contributed by atoms with Crippen LogP contribution in [0.5, 0.6) is 0 Å². The van der Waals surface area contributed by atoms with E-state index < -0.39 is 5.54 Å². The molecular formula is C18H19N5O2. The third kappa shape index (κ3) is 2.94. The van der Waals surface area contributed by atoms with Crippen LogP contribution in [-0.4, -0.2) is 33.9 Å². The lowest BCUT2D eigenvalue weighted by Gasteiger charge is -2.29. The highest BCUT2D eigenvalue weighted by molar-refractivity contribution is 5.93. The van der Waals surface area contributed by atoms with E-state index in [0.29, 0.717) is 18.0 Å². The van der Waals surface area contributed by atoms with Crippen molar-refractivity contribution in [3.05, 3.63) is 59.9 Å². The molecule has 0 aliphatic carbocycles. The lowest BCUT2D eigenvalue weighted by molar-refractivity contribution is 0.0895. The van der Waals surface area contributed by atoms with Gasteiger partial charge in [0.25, 0.3) is 5.91 Å². The molecule has 0 spiro atoms. The van der Waals surface area contributed by atoms with Crippen molar-refractivity contribution in [1.29, 1.82) is 0 Å². The largest absolute Gasteiger partial charge is 0.354 e. The van der Waals surface area contributed by atoms with Gasteiger partial charge in [-0.25, -0.2) is 0 Å². The second kappa shape index (κ2) is 6.18. The number of carbonyl (C=O) groups excluding carboxylic acids is 1. The zero-order valence-electron chi connectivity index (χ0n) is 13.9. The smallest absolute Gasteiger partial charge is 0.274 e. The first-order chi connectivity index (χ1) is 12.2. The Morgan fingerprint density at radius 1 is 1.32 bits per heavy atom. The summed E-state index contributed by atoms with van der Waals surface area (Å²) in [5.74, 6) is 0.225. The molecule has 0 saturated carbocycles. The molecule has 1 saturated heterocycles. The molecule has 7 heteroatoms. The first-order valence-corrected chi connectivity index (χ1v) is 8.22. The van der Waals surface area contributed by atoms with Gasteiger partial charge in [-0.15, -0.1) is 0 Å². The lowest BCUT2D eigenvalue weighted by Crippen LogP contribution is -2.47. The minimum absolute atomic E-state index is 0.251. The van der Waals surface area contributed by atoms with E-state index in [-0.39, 0.29) is 11.6 Å². The highest BCUT2D eigenvalue weighted by atomic mass is 16.5. The molecule has 2 aromatic heterocycles. The molecule has 1 aromatic carbocycles. The Morgan fingerprint density at radius 2 is 2.16 bits per heavy atom. The first-order valence-electron chi connectivity index (χ1n) is 8.22. The maximum atomic E-state index is 12.7. The van der Waals surface area contributed by atoms with E-state index in [9.17, 15) is 4.79 Å². The van der Waals surface area contributed by atoms with Gasteiger partial charge in [0.15, 0.2) is 11.5 Å². The number of rotatable bonds is 4. The molecule has 3 aromatic rings. The quantitative estimate of drug-likeness (QED) is 0.757. The standard InChI is InChI=1S/C18H19N5O2/c1-23-10-7-14(21-23)16-11-15(22-25-16)17(24)20-18(8-9-19-12-18)13-5-3-2-4-6-13/h2-7,10-11,19H,8-9,12H2,1H3,(H,20,24). The summed E-state index contributed by atoms with van der Waals surface area (Å²) in [5, 5.41) is 14.6. The Bertz CT molecular complexity index is 878. The van der Waals surface area contributed by atoms with Gasteiger partial charge < -0.3 is 15.2 Å². The van der Waals surface area contributed by atoms with Crippen LogP contribution in [0.2, 0.25) is 0 Å². The van der Waals surface area contributed by atoms with Gasteiger partial charge in [0.1, 0.15) is 5.69 Å². The predicted octanol–water partition coefficient (Wildman–Crippen LogP) is 1.69. The highest BCUT2D eigenvalue weighted by Gasteiger charge is 2.37. The number of benzene rings is 1. The molecule has 1 fully saturated rings. The molecule has 1 unspecified atom stereocenters. The summed E-state index contributed by atoms with van der Waals surface area (Å²) in [6, 6.07) is 13.4. The summed E-state index contributed by atoms with van der Waals surface area (Å²) in [4.78, 5) is 12.7. The monoisotopic (exact) mass is 337 g/mol. The summed E-state index contributed by atoms with van der Waals surface area (Å²) in [5.41, 5.74) is 1.56. The number of nitrogens with one attached hydrogen (secondary N) is 2. The Kier molecular flexibility index (Phi) is 3.85. The number of aryl methyl sites for hydroxylation is 1. The van der Waals surface area contributed by atoms with Crippen LogP contribution < -0.4 is 10.6 Å². The molecule has 2 N–H and O–H groups in total. The number of hydrogen-bond donors (Lipinski definition) is 2. The van der Waals surface area contributed by atoms with Gasteiger partial charge in [-0.3, -0.25) is 9.48 Å². The van der Waals surface area contributed by atoms with Crippen LogP contribution in [0.4, 0.5) is 0 Å². The molecule has 4 rings (SSSR count). The Morgan fingerprint density at radius 3 is 2.84 bits per heavy atom. The molecular weight excluding hydrogens is 318 g/mol. The number of nitrogens with zero attached hydrogens (tertiary/aromatic N) is 3. The molecule has 0 bridgehead atoms. The summed E-state index contributed by atoms with van der Waals surface area (Å²) in [6.07, 6.45) is 2.64. The van der Waals surface area contributed by atoms with Crippen LogP contribution in [0.15, 0.2) is 53.2 Å². The van der Waals surface area contributed by atoms with Crippen molar-refractivity contribution in [2.75, 3.05) is 13.1 Å². The second-order valence-corrected chi connectivity index (χ2v) is 6.28. The van der Waals surface area contributed by atoms with Crippen LogP contribution in [0.1, 0.15) is 22.5 Å². The fraction of sp³-hybridized carbons (Fsp3) is 0.278. The highest BCUT2D eigenvalue weighted by Crippen LogP contribution is 2.28. The second-order valence-electron chi connectivity index (χ2n) is 6.28. The average Bonchev–Trinajstić information content (AvgIpc) is 3.36. The molecule has 0 radical (unpaired) electrons. The maximum absolute atomic E-state index is 12.7. The molecule has 1 aliphatic rings. The molecule has 1 aliphatic heterocycles. The summed E-state index contributed by atoms with van der Waals surface area (Å²) >= 11 is 0. The van der Waals surface area contributed by atoms with Crippen molar-refractivity contribution in [2.24, 2.45) is 7.05 Å². The summed E-state index contributed by atoms with van der Waals surface area (Å²) in [7, 11) is 1.82. The van der Waals surface area contributed by atoms with Crippen molar-refractivity contribution in [3.63, 3.8) is 0 Å². The van der Waals surface area contributed by atoms with E-state index in [4.69, 9.17) is 4.52 Å². The van der Waals surface area contributed by atoms with Gasteiger partial charge in [0.05, 0.1) is 5.54 Å². The molecule has 7 nitrogen and oxygen atoms in total. The van der Waals surface area contributed by atoms with Gasteiger partial charge in [-0.2, -0.15) is 5.10 Å². The molecule has 3 heterocycles. The lowest BCUT2D eigenvalue weighted by atomic mass is 9.89. The van der Waals surface area contributed by atoms with E-state index in [1.165, 1.54) is 0 Å². The third-order valence-electron chi connectivity index (χ3n) is 4.54. The van der Waals surface area contributed by atoms with Crippen LogP contribution in [-0.2, 0) is 12.6 Å². The summed E-state index contributed by atoms with van der Waals surface area (Å²) < 4.78 is 6.96. The van der Waals surface area contributed by atoms with Crippen molar-refractivity contribution in [1.82, 2.24) is 25.6 Å². The molecule has 1 amide bonds. The minimum Gasteiger partial charge on any atom is -0.354 e. The predicted molar refractivity (Wildman–Crippen MR) is 91.8 cm³/mol. The van der Waals surface area contributed by atoms with E-state index in [1.54, 1.807) is 10.7 Å². The van der Waals surface area contributed by atoms with Gasteiger partial charge in [-0.1, -0.05) is 35.5 Å². The third-order valence-corrected chi connectivity index (χ3v) is 4.54. The normalized spacial score (nSPS) is 19.9. The number of amides is 1. The number of hydrogen-bond acceptors (Lipinski definition) is 5. The Hall–Kier alpha value is -2.93. The number of aromatic nitrogens is 3. The van der Waals surface area contributed by atoms with Gasteiger partial charge in [0.2, 0.25) is 0 Å². The molecule has 25 heavy (non-hydrogen) atoms. The SMILES string of the molecule is Cn1ccc(-c2cc(C(=O)NC3(c4ccccc4)CCNC3)no2)n1. The molecule has 1 atom stereocenters. The van der Waals surface area contributed by atoms with E-state index >= 15 is 0 Å². The van der Waals surface area contributed by atoms with E-state index in [2.05, 4.69) is 20.9 Å². The van der Waals surface area contributed by atoms with E-state index in [1.807, 2.05) is 49.6 Å². The van der Waals surface area contributed by atoms with Crippen molar-refractivity contribution in [3.8, 4) is 11.5 Å². The fourth-order valence-corrected chi connectivity index (χ4v) is 3.21. The average molecular weight is 337 g/mol. The van der Waals surface area contributed by atoms with Gasteiger partial charge in [0, 0.05) is 25.9 Å². The van der Waals surface area contributed by atoms with Crippen LogP contribution in [0.3, 0.4) is 0 Å². The first kappa shape index (κ1) is 15.6. The fourth-order valence-electron chi connectivity index (χ4n) is 3.21. The Balaban J connectivity index is 1.58. The zero-order chi connectivity index (χ0) is 17.3. The van der Waals surface area contributed by atoms with Crippen LogP contribution >= 0.6 is 0 Å². The van der Waals surface area contributed by atoms with Crippen molar-refractivity contribution < 1.29 is 9.32 Å². The van der Waals surface area contributed by atoms with Crippen molar-refractivity contribution in [2.45, 2.75) is 12.0 Å². The topological polar surface area (TPSA) is 85.0 Å². The maximum Gasteiger partial charge on any atom is 0.274 e. The summed E-state index contributed by atoms with van der Waals surface area (Å²) in [6.45, 7) is 1.54.